The summed E-state index contributed by atoms with van der Waals surface area (Å²) in [4.78, 5) is 18.2. The maximum absolute atomic E-state index is 12.3. The van der Waals surface area contributed by atoms with Crippen molar-refractivity contribution in [3.8, 4) is 0 Å². The Labute approximate surface area is 138 Å². The number of hydrogen-bond acceptors (Lipinski definition) is 4. The Hall–Kier alpha value is -1.62. The lowest BCUT2D eigenvalue weighted by molar-refractivity contribution is -0.0556. The van der Waals surface area contributed by atoms with Crippen molar-refractivity contribution in [2.45, 2.75) is 51.9 Å². The second-order valence-electron chi connectivity index (χ2n) is 7.61. The predicted octanol–water partition coefficient (Wildman–Crippen LogP) is 3.24. The molecule has 0 radical (unpaired) electrons. The smallest absolute Gasteiger partial charge is 0.410 e. The molecule has 0 aromatic carbocycles. The molecule has 1 saturated heterocycles. The maximum atomic E-state index is 12.3. The number of hydrogen-bond donors (Lipinski definition) is 0. The van der Waals surface area contributed by atoms with E-state index in [-0.39, 0.29) is 12.2 Å². The van der Waals surface area contributed by atoms with E-state index in [0.29, 0.717) is 18.4 Å². The van der Waals surface area contributed by atoms with Gasteiger partial charge in [0.05, 0.1) is 12.7 Å². The number of aromatic nitrogens is 1. The summed E-state index contributed by atoms with van der Waals surface area (Å²) >= 11 is 0. The van der Waals surface area contributed by atoms with Crippen molar-refractivity contribution < 1.29 is 14.3 Å². The van der Waals surface area contributed by atoms with E-state index in [1.807, 2.05) is 37.8 Å². The molecule has 1 aliphatic carbocycles. The first-order valence-electron chi connectivity index (χ1n) is 8.41. The number of rotatable bonds is 3. The van der Waals surface area contributed by atoms with E-state index in [9.17, 15) is 4.79 Å². The minimum absolute atomic E-state index is 0.193. The molecule has 3 atom stereocenters. The first kappa shape index (κ1) is 16.2. The molecule has 0 N–H and O–H groups in total. The Morgan fingerprint density at radius 3 is 2.39 bits per heavy atom. The fourth-order valence-electron chi connectivity index (χ4n) is 3.59. The molecule has 1 amide bonds. The summed E-state index contributed by atoms with van der Waals surface area (Å²) in [6, 6.07) is 3.97. The first-order chi connectivity index (χ1) is 10.9. The molecule has 5 nitrogen and oxygen atoms in total. The number of nitrogens with zero attached hydrogens (tertiary/aromatic N) is 2. The number of carbonyl (C=O) groups is 1. The van der Waals surface area contributed by atoms with Crippen molar-refractivity contribution in [2.75, 3.05) is 13.1 Å². The maximum Gasteiger partial charge on any atom is 0.410 e. The second-order valence-corrected chi connectivity index (χ2v) is 7.61. The van der Waals surface area contributed by atoms with Crippen LogP contribution in [0.5, 0.6) is 0 Å². The molecule has 1 aromatic heterocycles. The molecule has 126 valence electrons. The highest BCUT2D eigenvalue weighted by Crippen LogP contribution is 2.39. The van der Waals surface area contributed by atoms with Crippen molar-refractivity contribution >= 4 is 6.09 Å². The van der Waals surface area contributed by atoms with Gasteiger partial charge in [-0.1, -0.05) is 0 Å². The van der Waals surface area contributed by atoms with E-state index in [4.69, 9.17) is 9.47 Å². The van der Waals surface area contributed by atoms with Gasteiger partial charge in [0.2, 0.25) is 0 Å². The summed E-state index contributed by atoms with van der Waals surface area (Å²) in [6.07, 6.45) is 5.90. The quantitative estimate of drug-likeness (QED) is 0.858. The third-order valence-corrected chi connectivity index (χ3v) is 4.59. The Bertz CT molecular complexity index is 527. The molecule has 1 saturated carbocycles. The zero-order chi connectivity index (χ0) is 16.4. The van der Waals surface area contributed by atoms with Gasteiger partial charge in [-0.3, -0.25) is 4.98 Å². The number of piperidine rings is 1. The van der Waals surface area contributed by atoms with Crippen molar-refractivity contribution in [3.63, 3.8) is 0 Å². The van der Waals surface area contributed by atoms with Gasteiger partial charge in [-0.2, -0.15) is 0 Å². The molecule has 5 heteroatoms. The van der Waals surface area contributed by atoms with E-state index >= 15 is 0 Å². The molecule has 2 fully saturated rings. The van der Waals surface area contributed by atoms with E-state index in [0.717, 1.165) is 31.5 Å². The van der Waals surface area contributed by atoms with Crippen LogP contribution in [0.2, 0.25) is 0 Å². The zero-order valence-corrected chi connectivity index (χ0v) is 14.2. The van der Waals surface area contributed by atoms with Gasteiger partial charge in [0.1, 0.15) is 5.60 Å². The van der Waals surface area contributed by atoms with Gasteiger partial charge in [0.25, 0.3) is 0 Å². The van der Waals surface area contributed by atoms with Gasteiger partial charge >= 0.3 is 6.09 Å². The lowest BCUT2D eigenvalue weighted by Crippen LogP contribution is -2.49. The zero-order valence-electron chi connectivity index (χ0n) is 14.2. The molecular weight excluding hydrogens is 292 g/mol. The minimum Gasteiger partial charge on any atom is -0.444 e. The highest BCUT2D eigenvalue weighted by molar-refractivity contribution is 5.68. The highest BCUT2D eigenvalue weighted by atomic mass is 16.6. The van der Waals surface area contributed by atoms with Crippen LogP contribution in [-0.4, -0.2) is 40.8 Å². The van der Waals surface area contributed by atoms with Crippen LogP contribution in [0.15, 0.2) is 24.5 Å². The molecule has 2 bridgehead atoms. The van der Waals surface area contributed by atoms with E-state index in [2.05, 4.69) is 4.98 Å². The summed E-state index contributed by atoms with van der Waals surface area (Å²) in [5.74, 6) is 0.839. The van der Waals surface area contributed by atoms with Gasteiger partial charge in [-0.05, 0) is 51.3 Å². The summed E-state index contributed by atoms with van der Waals surface area (Å²) in [5, 5.41) is 0. The summed E-state index contributed by atoms with van der Waals surface area (Å²) in [6.45, 7) is 7.82. The average molecular weight is 318 g/mol. The van der Waals surface area contributed by atoms with E-state index in [1.54, 1.807) is 12.4 Å². The van der Waals surface area contributed by atoms with Crippen molar-refractivity contribution in [1.82, 2.24) is 9.88 Å². The number of likely N-dealkylation sites (tertiary alicyclic amines) is 1. The van der Waals surface area contributed by atoms with Crippen LogP contribution < -0.4 is 0 Å². The summed E-state index contributed by atoms with van der Waals surface area (Å²) < 4.78 is 11.7. The minimum atomic E-state index is -0.440. The van der Waals surface area contributed by atoms with Crippen molar-refractivity contribution in [1.29, 1.82) is 0 Å². The Morgan fingerprint density at radius 2 is 1.83 bits per heavy atom. The number of pyridine rings is 1. The number of carbonyl (C=O) groups excluding carboxylic acids is 1. The molecule has 1 aliphatic heterocycles. The molecule has 1 aromatic rings. The topological polar surface area (TPSA) is 51.7 Å². The summed E-state index contributed by atoms with van der Waals surface area (Å²) in [5.41, 5.74) is 0.708. The Kier molecular flexibility index (Phi) is 4.57. The van der Waals surface area contributed by atoms with Gasteiger partial charge in [-0.25, -0.2) is 4.79 Å². The molecule has 3 rings (SSSR count). The van der Waals surface area contributed by atoms with Crippen LogP contribution in [-0.2, 0) is 16.1 Å². The van der Waals surface area contributed by atoms with Crippen LogP contribution in [0.4, 0.5) is 4.79 Å². The van der Waals surface area contributed by atoms with Crippen LogP contribution in [0.1, 0.15) is 39.2 Å². The normalized spacial score (nSPS) is 27.1. The second kappa shape index (κ2) is 6.48. The fraction of sp³-hybridized carbons (Fsp3) is 0.667. The van der Waals surface area contributed by atoms with Gasteiger partial charge in [0.15, 0.2) is 0 Å². The number of fused-ring (bicyclic) bond motifs is 2. The van der Waals surface area contributed by atoms with Gasteiger partial charge in [0, 0.05) is 37.3 Å². The molecule has 1 unspecified atom stereocenters. The molecule has 2 aliphatic rings. The third-order valence-electron chi connectivity index (χ3n) is 4.59. The standard InChI is InChI=1S/C18H26N2O3/c1-18(2,3)23-17(21)20-10-14-4-5-15(11-20)16(14)22-12-13-6-8-19-9-7-13/h6-9,14-16H,4-5,10-12H2,1-3H3/t14-,15+,16?. The monoisotopic (exact) mass is 318 g/mol. The van der Waals surface area contributed by atoms with E-state index in [1.165, 1.54) is 0 Å². The molecule has 0 spiro atoms. The van der Waals surface area contributed by atoms with Crippen LogP contribution in [0.3, 0.4) is 0 Å². The SMILES string of the molecule is CC(C)(C)OC(=O)N1C[C@H]2CC[C@@H](C1)C2OCc1ccncc1. The molecule has 23 heavy (non-hydrogen) atoms. The van der Waals surface area contributed by atoms with Gasteiger partial charge < -0.3 is 14.4 Å². The largest absolute Gasteiger partial charge is 0.444 e. The fourth-order valence-corrected chi connectivity index (χ4v) is 3.59. The molecule has 2 heterocycles. The van der Waals surface area contributed by atoms with Crippen LogP contribution in [0, 0.1) is 11.8 Å². The summed E-state index contributed by atoms with van der Waals surface area (Å²) in [7, 11) is 0. The average Bonchev–Trinajstić information content (AvgIpc) is 2.73. The Morgan fingerprint density at radius 1 is 1.22 bits per heavy atom. The third kappa shape index (κ3) is 4.02. The first-order valence-corrected chi connectivity index (χ1v) is 8.41. The number of amides is 1. The van der Waals surface area contributed by atoms with Crippen molar-refractivity contribution in [2.24, 2.45) is 11.8 Å². The lowest BCUT2D eigenvalue weighted by atomic mass is 9.95. The van der Waals surface area contributed by atoms with E-state index < -0.39 is 5.60 Å². The predicted molar refractivity (Wildman–Crippen MR) is 86.8 cm³/mol. The highest BCUT2D eigenvalue weighted by Gasteiger charge is 2.44. The Balaban J connectivity index is 1.56. The number of ether oxygens (including phenoxy) is 2. The van der Waals surface area contributed by atoms with Gasteiger partial charge in [-0.15, -0.1) is 0 Å². The van der Waals surface area contributed by atoms with Crippen LogP contribution >= 0.6 is 0 Å². The van der Waals surface area contributed by atoms with Crippen molar-refractivity contribution in [3.05, 3.63) is 30.1 Å². The molecular formula is C18H26N2O3. The van der Waals surface area contributed by atoms with Crippen LogP contribution in [0.25, 0.3) is 0 Å². The lowest BCUT2D eigenvalue weighted by Gasteiger charge is -2.38.